The molecule has 1 fully saturated rings. The molecule has 1 N–H and O–H groups in total. The second-order valence-corrected chi connectivity index (χ2v) is 9.68. The van der Waals surface area contributed by atoms with E-state index in [9.17, 15) is 8.42 Å². The van der Waals surface area contributed by atoms with Crippen molar-refractivity contribution in [2.75, 3.05) is 24.7 Å². The van der Waals surface area contributed by atoms with Gasteiger partial charge in [0.1, 0.15) is 10.3 Å². The van der Waals surface area contributed by atoms with Crippen molar-refractivity contribution in [3.63, 3.8) is 0 Å². The van der Waals surface area contributed by atoms with E-state index in [-0.39, 0.29) is 21.2 Å². The van der Waals surface area contributed by atoms with Gasteiger partial charge in [-0.3, -0.25) is 0 Å². The lowest BCUT2D eigenvalue weighted by Crippen LogP contribution is -2.31. The van der Waals surface area contributed by atoms with Crippen molar-refractivity contribution in [3.05, 3.63) is 0 Å². The van der Waals surface area contributed by atoms with E-state index < -0.39 is 9.84 Å². The first-order chi connectivity index (χ1) is 7.39. The average Bonchev–Trinajstić information content (AvgIpc) is 2.52. The van der Waals surface area contributed by atoms with Crippen molar-refractivity contribution in [2.24, 2.45) is 5.92 Å². The van der Waals surface area contributed by atoms with E-state index in [1.165, 1.54) is 0 Å². The van der Waals surface area contributed by atoms with E-state index in [0.29, 0.717) is 24.7 Å². The van der Waals surface area contributed by atoms with Gasteiger partial charge in [-0.25, -0.2) is 8.42 Å². The van der Waals surface area contributed by atoms with Gasteiger partial charge in [0.2, 0.25) is 0 Å². The Morgan fingerprint density at radius 3 is 2.75 bits per heavy atom. The van der Waals surface area contributed by atoms with Gasteiger partial charge in [-0.1, -0.05) is 31.9 Å². The topological polar surface area (TPSA) is 55.4 Å². The summed E-state index contributed by atoms with van der Waals surface area (Å²) in [5, 5.41) is 3.23. The van der Waals surface area contributed by atoms with Gasteiger partial charge in [0.25, 0.3) is 5.17 Å². The molecule has 94 valence electrons. The highest BCUT2D eigenvalue weighted by atomic mass is 79.9. The predicted octanol–water partition coefficient (Wildman–Crippen LogP) is 1.43. The summed E-state index contributed by atoms with van der Waals surface area (Å²) in [6, 6.07) is 0. The molecule has 1 aliphatic heterocycles. The highest BCUT2D eigenvalue weighted by molar-refractivity contribution is 9.24. The summed E-state index contributed by atoms with van der Waals surface area (Å²) in [6.07, 6.45) is 0.706. The average molecular weight is 395 g/mol. The lowest BCUT2D eigenvalue weighted by molar-refractivity contribution is 0.317. The Labute approximate surface area is 118 Å². The van der Waals surface area contributed by atoms with Crippen LogP contribution in [0, 0.1) is 5.92 Å². The largest absolute Gasteiger partial charge is 0.469 e. The Hall–Kier alpha value is 0.600. The molecule has 0 aromatic heterocycles. The predicted molar refractivity (Wildman–Crippen MR) is 75.0 cm³/mol. The summed E-state index contributed by atoms with van der Waals surface area (Å²) < 4.78 is 27.6. The van der Waals surface area contributed by atoms with Crippen LogP contribution in [0.3, 0.4) is 0 Å². The van der Waals surface area contributed by atoms with Gasteiger partial charge in [-0.2, -0.15) is 0 Å². The minimum atomic E-state index is -2.81. The van der Waals surface area contributed by atoms with E-state index in [1.54, 1.807) is 0 Å². The molecule has 0 aromatic rings. The van der Waals surface area contributed by atoms with E-state index in [1.807, 2.05) is 0 Å². The number of sulfone groups is 1. The minimum absolute atomic E-state index is 0.0617. The van der Waals surface area contributed by atoms with E-state index >= 15 is 0 Å². The zero-order valence-electron chi connectivity index (χ0n) is 8.49. The molecule has 16 heavy (non-hydrogen) atoms. The van der Waals surface area contributed by atoms with Crippen LogP contribution in [0.2, 0.25) is 0 Å². The molecule has 4 nitrogen and oxygen atoms in total. The molecule has 1 saturated heterocycles. The fourth-order valence-corrected chi connectivity index (χ4v) is 3.73. The van der Waals surface area contributed by atoms with Crippen molar-refractivity contribution in [3.8, 4) is 0 Å². The third-order valence-corrected chi connectivity index (χ3v) is 4.83. The third kappa shape index (κ3) is 5.79. The molecule has 8 heteroatoms. The second kappa shape index (κ2) is 6.51. The first-order valence-electron chi connectivity index (χ1n) is 4.78. The first kappa shape index (κ1) is 14.7. The number of hydrogen-bond donors (Lipinski definition) is 1. The zero-order valence-corrected chi connectivity index (χ0v) is 13.3. The summed E-state index contributed by atoms with van der Waals surface area (Å²) in [4.78, 5) is 0. The maximum Gasteiger partial charge on any atom is 0.256 e. The third-order valence-electron chi connectivity index (χ3n) is 2.20. The number of alkyl halides is 2. The number of hydrogen-bond acceptors (Lipinski definition) is 4. The summed E-state index contributed by atoms with van der Waals surface area (Å²) in [7, 11) is -2.81. The number of nitrogens with one attached hydrogen (secondary N) is 1. The molecule has 0 aliphatic carbocycles. The maximum atomic E-state index is 11.2. The minimum Gasteiger partial charge on any atom is -0.469 e. The van der Waals surface area contributed by atoms with Crippen molar-refractivity contribution >= 4 is 59.1 Å². The van der Waals surface area contributed by atoms with E-state index in [2.05, 4.69) is 37.2 Å². The summed E-state index contributed by atoms with van der Waals surface area (Å²) in [5.74, 6) is 0.690. The lowest BCUT2D eigenvalue weighted by atomic mass is 10.1. The Kier molecular flexibility index (Phi) is 5.97. The summed E-state index contributed by atoms with van der Waals surface area (Å²) in [6.45, 7) is 0.988. The van der Waals surface area contributed by atoms with Gasteiger partial charge in [-0.05, 0) is 24.6 Å². The molecule has 0 aromatic carbocycles. The number of thiocarbonyl (C=S) groups is 1. The summed E-state index contributed by atoms with van der Waals surface area (Å²) >= 11 is 11.5. The Bertz CT molecular complexity index is 345. The van der Waals surface area contributed by atoms with E-state index in [0.717, 1.165) is 0 Å². The Morgan fingerprint density at radius 1 is 1.56 bits per heavy atom. The lowest BCUT2D eigenvalue weighted by Gasteiger charge is -2.12. The highest BCUT2D eigenvalue weighted by Crippen LogP contribution is 2.17. The summed E-state index contributed by atoms with van der Waals surface area (Å²) in [5.41, 5.74) is 0. The monoisotopic (exact) mass is 393 g/mol. The molecule has 0 bridgehead atoms. The van der Waals surface area contributed by atoms with Crippen molar-refractivity contribution in [1.29, 1.82) is 0 Å². The van der Waals surface area contributed by atoms with Crippen LogP contribution >= 0.6 is 44.1 Å². The van der Waals surface area contributed by atoms with Crippen LogP contribution in [-0.4, -0.2) is 42.0 Å². The SMILES string of the molecule is O=S1(=O)CCC(CNC(=S)OCC(Br)Br)C1. The van der Waals surface area contributed by atoms with Crippen LogP contribution in [0.15, 0.2) is 0 Å². The number of rotatable bonds is 4. The smallest absolute Gasteiger partial charge is 0.256 e. The molecule has 1 atom stereocenters. The van der Waals surface area contributed by atoms with Gasteiger partial charge in [0.05, 0.1) is 11.5 Å². The van der Waals surface area contributed by atoms with Crippen LogP contribution in [-0.2, 0) is 14.6 Å². The van der Waals surface area contributed by atoms with Gasteiger partial charge >= 0.3 is 0 Å². The molecule has 1 heterocycles. The fraction of sp³-hybridized carbons (Fsp3) is 0.875. The Morgan fingerprint density at radius 2 is 2.25 bits per heavy atom. The van der Waals surface area contributed by atoms with Crippen molar-refractivity contribution in [1.82, 2.24) is 5.32 Å². The standard InChI is InChI=1S/C8H13Br2NO3S2/c9-7(10)4-14-8(15)11-3-6-1-2-16(12,13)5-6/h6-7H,1-5H2,(H,11,15). The van der Waals surface area contributed by atoms with Crippen LogP contribution in [0.5, 0.6) is 0 Å². The van der Waals surface area contributed by atoms with Crippen LogP contribution in [0.1, 0.15) is 6.42 Å². The first-order valence-corrected chi connectivity index (χ1v) is 8.84. The maximum absolute atomic E-state index is 11.2. The van der Waals surface area contributed by atoms with Gasteiger partial charge < -0.3 is 10.1 Å². The zero-order chi connectivity index (χ0) is 12.2. The molecule has 0 spiro atoms. The highest BCUT2D eigenvalue weighted by Gasteiger charge is 2.27. The molecule has 0 radical (unpaired) electrons. The van der Waals surface area contributed by atoms with Crippen molar-refractivity contribution < 1.29 is 13.2 Å². The van der Waals surface area contributed by atoms with Gasteiger partial charge in [0, 0.05) is 6.54 Å². The van der Waals surface area contributed by atoms with Crippen LogP contribution in [0.25, 0.3) is 0 Å². The van der Waals surface area contributed by atoms with Crippen LogP contribution in [0.4, 0.5) is 0 Å². The fourth-order valence-electron chi connectivity index (χ4n) is 1.45. The van der Waals surface area contributed by atoms with Crippen LogP contribution < -0.4 is 5.32 Å². The van der Waals surface area contributed by atoms with Crippen molar-refractivity contribution in [2.45, 2.75) is 10.2 Å². The van der Waals surface area contributed by atoms with Gasteiger partial charge in [0.15, 0.2) is 9.84 Å². The van der Waals surface area contributed by atoms with Gasteiger partial charge in [-0.15, -0.1) is 0 Å². The molecule has 0 amide bonds. The molecular weight excluding hydrogens is 382 g/mol. The molecular formula is C8H13Br2NO3S2. The molecule has 1 unspecified atom stereocenters. The molecule has 1 rings (SSSR count). The molecule has 0 saturated carbocycles. The Balaban J connectivity index is 2.18. The molecule has 1 aliphatic rings. The number of ether oxygens (including phenoxy) is 1. The van der Waals surface area contributed by atoms with E-state index in [4.69, 9.17) is 17.0 Å². The number of halogens is 2. The quantitative estimate of drug-likeness (QED) is 0.577. The second-order valence-electron chi connectivity index (χ2n) is 3.64. The normalized spacial score (nSPS) is 23.3.